The van der Waals surface area contributed by atoms with Crippen molar-refractivity contribution in [3.63, 3.8) is 0 Å². The summed E-state index contributed by atoms with van der Waals surface area (Å²) < 4.78 is 11.6. The van der Waals surface area contributed by atoms with Crippen molar-refractivity contribution in [2.24, 2.45) is 0 Å². The van der Waals surface area contributed by atoms with Crippen LogP contribution in [0.5, 0.6) is 11.5 Å². The Hall–Kier alpha value is -1.59. The van der Waals surface area contributed by atoms with Gasteiger partial charge in [0.2, 0.25) is 0 Å². The maximum absolute atomic E-state index is 5.95. The van der Waals surface area contributed by atoms with E-state index in [0.717, 1.165) is 48.1 Å². The van der Waals surface area contributed by atoms with E-state index in [9.17, 15) is 0 Å². The molecule has 0 aliphatic rings. The molecule has 0 aliphatic carbocycles. The van der Waals surface area contributed by atoms with Gasteiger partial charge in [-0.1, -0.05) is 19.9 Å². The third-order valence-corrected chi connectivity index (χ3v) is 3.68. The highest BCUT2D eigenvalue weighted by Crippen LogP contribution is 2.26. The molecule has 1 heterocycles. The Morgan fingerprint density at radius 3 is 2.86 bits per heavy atom. The molecule has 5 heteroatoms. The normalized spacial score (nSPS) is 10.6. The third-order valence-electron chi connectivity index (χ3n) is 2.93. The van der Waals surface area contributed by atoms with Crippen LogP contribution in [0.1, 0.15) is 30.7 Å². The van der Waals surface area contributed by atoms with Gasteiger partial charge in [-0.3, -0.25) is 4.98 Å². The lowest BCUT2D eigenvalue weighted by Crippen LogP contribution is -2.13. The number of nitrogens with one attached hydrogen (secondary N) is 1. The molecular formula is C16H22N2O2S. The summed E-state index contributed by atoms with van der Waals surface area (Å²) in [5, 5.41) is 3.33. The van der Waals surface area contributed by atoms with E-state index in [1.807, 2.05) is 23.8 Å². The van der Waals surface area contributed by atoms with Crippen LogP contribution in [0.15, 0.2) is 29.9 Å². The number of rotatable bonds is 9. The molecule has 0 aliphatic heterocycles. The lowest BCUT2D eigenvalue weighted by Gasteiger charge is -2.13. The predicted molar refractivity (Wildman–Crippen MR) is 86.1 cm³/mol. The van der Waals surface area contributed by atoms with Gasteiger partial charge in [0.15, 0.2) is 0 Å². The summed E-state index contributed by atoms with van der Waals surface area (Å²) in [6.45, 7) is 7.18. The van der Waals surface area contributed by atoms with E-state index in [1.165, 1.54) is 0 Å². The molecule has 0 unspecified atom stereocenters. The Morgan fingerprint density at radius 1 is 1.24 bits per heavy atom. The predicted octanol–water partition coefficient (Wildman–Crippen LogP) is 3.62. The van der Waals surface area contributed by atoms with E-state index in [4.69, 9.17) is 9.47 Å². The second kappa shape index (κ2) is 8.64. The second-order valence-corrected chi connectivity index (χ2v) is 5.63. The molecule has 0 atom stereocenters. The summed E-state index contributed by atoms with van der Waals surface area (Å²) in [4.78, 5) is 5.18. The van der Waals surface area contributed by atoms with E-state index >= 15 is 0 Å². The van der Waals surface area contributed by atoms with Crippen LogP contribution in [0.2, 0.25) is 0 Å². The molecule has 0 saturated carbocycles. The summed E-state index contributed by atoms with van der Waals surface area (Å²) in [6, 6.07) is 6.04. The van der Waals surface area contributed by atoms with Gasteiger partial charge in [-0.25, -0.2) is 0 Å². The van der Waals surface area contributed by atoms with Crippen LogP contribution < -0.4 is 14.8 Å². The lowest BCUT2D eigenvalue weighted by molar-refractivity contribution is 0.294. The van der Waals surface area contributed by atoms with E-state index in [-0.39, 0.29) is 0 Å². The number of hydrogen-bond donors (Lipinski definition) is 1. The Labute approximate surface area is 130 Å². The number of nitrogens with zero attached hydrogens (tertiary/aromatic N) is 1. The molecule has 0 spiro atoms. The molecule has 1 N–H and O–H groups in total. The van der Waals surface area contributed by atoms with Crippen molar-refractivity contribution in [2.45, 2.75) is 33.4 Å². The average molecular weight is 306 g/mol. The van der Waals surface area contributed by atoms with Gasteiger partial charge in [-0.05, 0) is 19.0 Å². The molecule has 114 valence electrons. The highest BCUT2D eigenvalue weighted by molar-refractivity contribution is 7.09. The minimum atomic E-state index is 0.543. The highest BCUT2D eigenvalue weighted by atomic mass is 32.1. The van der Waals surface area contributed by atoms with E-state index in [2.05, 4.69) is 30.2 Å². The standard InChI is InChI=1S/C16H22N2O2S/c1-3-7-19-14-6-5-13(9-17-4-2)16(8-14)20-11-15-10-18-12-21-15/h5-6,8,10,12,17H,3-4,7,9,11H2,1-2H3. The number of benzene rings is 1. The zero-order valence-electron chi connectivity index (χ0n) is 12.6. The molecule has 0 saturated heterocycles. The van der Waals surface area contributed by atoms with Gasteiger partial charge < -0.3 is 14.8 Å². The van der Waals surface area contributed by atoms with E-state index < -0.39 is 0 Å². The number of thiazole rings is 1. The van der Waals surface area contributed by atoms with Gasteiger partial charge in [-0.2, -0.15) is 0 Å². The van der Waals surface area contributed by atoms with Gasteiger partial charge in [0.1, 0.15) is 18.1 Å². The number of ether oxygens (including phenoxy) is 2. The first-order valence-corrected chi connectivity index (χ1v) is 8.18. The van der Waals surface area contributed by atoms with Crippen molar-refractivity contribution < 1.29 is 9.47 Å². The molecule has 1 aromatic carbocycles. The molecule has 0 fully saturated rings. The zero-order valence-corrected chi connectivity index (χ0v) is 13.4. The van der Waals surface area contributed by atoms with Crippen LogP contribution in [0.25, 0.3) is 0 Å². The molecule has 2 aromatic rings. The van der Waals surface area contributed by atoms with Crippen LogP contribution in [0.4, 0.5) is 0 Å². The lowest BCUT2D eigenvalue weighted by atomic mass is 10.2. The minimum absolute atomic E-state index is 0.543. The van der Waals surface area contributed by atoms with Gasteiger partial charge in [0.25, 0.3) is 0 Å². The zero-order chi connectivity index (χ0) is 14.9. The van der Waals surface area contributed by atoms with E-state index in [0.29, 0.717) is 6.61 Å². The summed E-state index contributed by atoms with van der Waals surface area (Å²) in [6.07, 6.45) is 2.84. The quantitative estimate of drug-likeness (QED) is 0.768. The fraction of sp³-hybridized carbons (Fsp3) is 0.438. The number of hydrogen-bond acceptors (Lipinski definition) is 5. The molecule has 0 bridgehead atoms. The molecule has 4 nitrogen and oxygen atoms in total. The van der Waals surface area contributed by atoms with Crippen molar-refractivity contribution in [1.29, 1.82) is 0 Å². The Kier molecular flexibility index (Phi) is 6.50. The molecule has 2 rings (SSSR count). The molecule has 0 radical (unpaired) electrons. The second-order valence-electron chi connectivity index (χ2n) is 4.65. The van der Waals surface area contributed by atoms with Crippen LogP contribution in [0.3, 0.4) is 0 Å². The topological polar surface area (TPSA) is 43.4 Å². The largest absolute Gasteiger partial charge is 0.493 e. The Bertz CT molecular complexity index is 529. The Balaban J connectivity index is 2.08. The van der Waals surface area contributed by atoms with Gasteiger partial charge >= 0.3 is 0 Å². The van der Waals surface area contributed by atoms with Crippen molar-refractivity contribution in [3.05, 3.63) is 40.3 Å². The van der Waals surface area contributed by atoms with E-state index in [1.54, 1.807) is 11.3 Å². The fourth-order valence-electron chi connectivity index (χ4n) is 1.85. The molecule has 1 aromatic heterocycles. The summed E-state index contributed by atoms with van der Waals surface area (Å²) in [7, 11) is 0. The van der Waals surface area contributed by atoms with Gasteiger partial charge in [0.05, 0.1) is 17.0 Å². The summed E-state index contributed by atoms with van der Waals surface area (Å²) in [5.41, 5.74) is 2.96. The smallest absolute Gasteiger partial charge is 0.128 e. The van der Waals surface area contributed by atoms with Crippen LogP contribution >= 0.6 is 11.3 Å². The van der Waals surface area contributed by atoms with Crippen LogP contribution in [0, 0.1) is 0 Å². The first kappa shape index (κ1) is 15.8. The Morgan fingerprint density at radius 2 is 2.14 bits per heavy atom. The fourth-order valence-corrected chi connectivity index (χ4v) is 2.35. The van der Waals surface area contributed by atoms with Crippen molar-refractivity contribution in [3.8, 4) is 11.5 Å². The van der Waals surface area contributed by atoms with Crippen molar-refractivity contribution in [1.82, 2.24) is 10.3 Å². The maximum Gasteiger partial charge on any atom is 0.128 e. The van der Waals surface area contributed by atoms with Crippen molar-refractivity contribution in [2.75, 3.05) is 13.2 Å². The monoisotopic (exact) mass is 306 g/mol. The average Bonchev–Trinajstić information content (AvgIpc) is 3.03. The van der Waals surface area contributed by atoms with Crippen molar-refractivity contribution >= 4 is 11.3 Å². The summed E-state index contributed by atoms with van der Waals surface area (Å²) in [5.74, 6) is 1.73. The first-order chi connectivity index (χ1) is 10.3. The van der Waals surface area contributed by atoms with Crippen LogP contribution in [-0.4, -0.2) is 18.1 Å². The molecule has 21 heavy (non-hydrogen) atoms. The highest BCUT2D eigenvalue weighted by Gasteiger charge is 2.07. The third kappa shape index (κ3) is 5.02. The number of aromatic nitrogens is 1. The van der Waals surface area contributed by atoms with Crippen LogP contribution in [-0.2, 0) is 13.2 Å². The summed E-state index contributed by atoms with van der Waals surface area (Å²) >= 11 is 1.60. The first-order valence-electron chi connectivity index (χ1n) is 7.30. The van der Waals surface area contributed by atoms with Gasteiger partial charge in [-0.15, -0.1) is 11.3 Å². The molecule has 0 amide bonds. The SMILES string of the molecule is CCCOc1ccc(CNCC)c(OCc2cncs2)c1. The maximum atomic E-state index is 5.95. The minimum Gasteiger partial charge on any atom is -0.493 e. The van der Waals surface area contributed by atoms with Gasteiger partial charge in [0, 0.05) is 24.4 Å². The molecular weight excluding hydrogens is 284 g/mol.